The lowest BCUT2D eigenvalue weighted by molar-refractivity contribution is 0.00396. The summed E-state index contributed by atoms with van der Waals surface area (Å²) >= 11 is 0. The summed E-state index contributed by atoms with van der Waals surface area (Å²) < 4.78 is 29.4. The number of benzene rings is 1. The normalized spacial score (nSPS) is 18.2. The van der Waals surface area contributed by atoms with E-state index in [1.165, 1.54) is 12.1 Å². The minimum absolute atomic E-state index is 0.212. The number of ether oxygens (including phenoxy) is 2. The Morgan fingerprint density at radius 1 is 1.20 bits per heavy atom. The fourth-order valence-electron chi connectivity index (χ4n) is 3.12. The van der Waals surface area contributed by atoms with Gasteiger partial charge < -0.3 is 24.3 Å². The van der Waals surface area contributed by atoms with Crippen molar-refractivity contribution in [2.24, 2.45) is 0 Å². The lowest BCUT2D eigenvalue weighted by Gasteiger charge is -2.39. The van der Waals surface area contributed by atoms with E-state index in [1.54, 1.807) is 24.5 Å². The zero-order valence-electron chi connectivity index (χ0n) is 14.1. The molecule has 1 unspecified atom stereocenters. The Bertz CT molecular complexity index is 623. The Balaban J connectivity index is 1.54. The molecule has 0 radical (unpaired) electrons. The predicted octanol–water partition coefficient (Wildman–Crippen LogP) is 2.59. The van der Waals surface area contributed by atoms with Gasteiger partial charge in [-0.1, -0.05) is 12.1 Å². The standard InChI is InChI=1S/C19H24FNO4/c20-16-5-3-15(4-6-16)19(7-10-23-11-8-19)21-12-17(22)13-24-14-18-2-1-9-25-18/h1-6,9,17,21-22H,7-8,10-14H2. The van der Waals surface area contributed by atoms with Crippen LogP contribution in [0.4, 0.5) is 4.39 Å². The van der Waals surface area contributed by atoms with Crippen LogP contribution in [0.2, 0.25) is 0 Å². The van der Waals surface area contributed by atoms with Gasteiger partial charge >= 0.3 is 0 Å². The number of aliphatic hydroxyl groups is 1. The van der Waals surface area contributed by atoms with E-state index in [1.807, 2.05) is 6.07 Å². The number of hydrogen-bond donors (Lipinski definition) is 2. The molecule has 0 bridgehead atoms. The van der Waals surface area contributed by atoms with Crippen LogP contribution in [-0.2, 0) is 21.6 Å². The van der Waals surface area contributed by atoms with Crippen LogP contribution < -0.4 is 5.32 Å². The summed E-state index contributed by atoms with van der Waals surface area (Å²) in [5.74, 6) is 0.477. The van der Waals surface area contributed by atoms with Crippen molar-refractivity contribution in [3.05, 3.63) is 59.8 Å². The van der Waals surface area contributed by atoms with Gasteiger partial charge in [0.25, 0.3) is 0 Å². The maximum atomic E-state index is 13.2. The largest absolute Gasteiger partial charge is 0.467 e. The monoisotopic (exact) mass is 349 g/mol. The molecule has 2 aromatic rings. The van der Waals surface area contributed by atoms with E-state index in [4.69, 9.17) is 13.9 Å². The minimum atomic E-state index is -0.643. The second-order valence-corrected chi connectivity index (χ2v) is 6.33. The molecule has 5 nitrogen and oxygen atoms in total. The van der Waals surface area contributed by atoms with Crippen molar-refractivity contribution < 1.29 is 23.4 Å². The topological polar surface area (TPSA) is 63.9 Å². The van der Waals surface area contributed by atoms with Gasteiger partial charge in [0.05, 0.1) is 19.0 Å². The summed E-state index contributed by atoms with van der Waals surface area (Å²) in [6, 6.07) is 10.2. The van der Waals surface area contributed by atoms with Gasteiger partial charge in [-0.15, -0.1) is 0 Å². The Kier molecular flexibility index (Phi) is 6.20. The molecule has 1 atom stereocenters. The fraction of sp³-hybridized carbons (Fsp3) is 0.474. The summed E-state index contributed by atoms with van der Waals surface area (Å²) in [5.41, 5.74) is 0.703. The second kappa shape index (κ2) is 8.58. The summed E-state index contributed by atoms with van der Waals surface area (Å²) in [6.07, 6.45) is 2.50. The van der Waals surface area contributed by atoms with Gasteiger partial charge in [-0.05, 0) is 42.7 Å². The summed E-state index contributed by atoms with van der Waals surface area (Å²) in [6.45, 7) is 2.20. The Labute approximate surface area is 146 Å². The molecule has 2 N–H and O–H groups in total. The Hall–Kier alpha value is -1.73. The fourth-order valence-corrected chi connectivity index (χ4v) is 3.12. The zero-order valence-corrected chi connectivity index (χ0v) is 14.1. The quantitative estimate of drug-likeness (QED) is 0.767. The van der Waals surface area contributed by atoms with Gasteiger partial charge in [0.2, 0.25) is 0 Å². The third-order valence-corrected chi connectivity index (χ3v) is 4.55. The van der Waals surface area contributed by atoms with E-state index in [2.05, 4.69) is 5.32 Å². The molecule has 0 aliphatic carbocycles. The summed E-state index contributed by atoms with van der Waals surface area (Å²) in [7, 11) is 0. The number of rotatable bonds is 8. The number of furan rings is 1. The SMILES string of the molecule is OC(CNC1(c2ccc(F)cc2)CCOCC1)COCc1ccco1. The second-order valence-electron chi connectivity index (χ2n) is 6.33. The highest BCUT2D eigenvalue weighted by atomic mass is 19.1. The Morgan fingerprint density at radius 2 is 1.96 bits per heavy atom. The van der Waals surface area contributed by atoms with Crippen LogP contribution in [0.3, 0.4) is 0 Å². The van der Waals surface area contributed by atoms with E-state index < -0.39 is 6.10 Å². The van der Waals surface area contributed by atoms with Gasteiger partial charge in [-0.3, -0.25) is 0 Å². The van der Waals surface area contributed by atoms with Crippen LogP contribution in [0.5, 0.6) is 0 Å². The van der Waals surface area contributed by atoms with E-state index >= 15 is 0 Å². The first-order valence-corrected chi connectivity index (χ1v) is 8.55. The van der Waals surface area contributed by atoms with E-state index in [0.717, 1.165) is 24.2 Å². The molecule has 1 aliphatic rings. The lowest BCUT2D eigenvalue weighted by Crippen LogP contribution is -2.49. The molecule has 0 spiro atoms. The maximum absolute atomic E-state index is 13.2. The van der Waals surface area contributed by atoms with Crippen LogP contribution in [-0.4, -0.2) is 37.6 Å². The molecule has 2 heterocycles. The third-order valence-electron chi connectivity index (χ3n) is 4.55. The molecule has 3 rings (SSSR count). The van der Waals surface area contributed by atoms with Gasteiger partial charge in [0.1, 0.15) is 18.2 Å². The highest BCUT2D eigenvalue weighted by Crippen LogP contribution is 2.32. The van der Waals surface area contributed by atoms with E-state index in [9.17, 15) is 9.50 Å². The van der Waals surface area contributed by atoms with Gasteiger partial charge in [0.15, 0.2) is 0 Å². The van der Waals surface area contributed by atoms with E-state index in [-0.39, 0.29) is 18.0 Å². The predicted molar refractivity (Wildman–Crippen MR) is 90.5 cm³/mol. The molecule has 25 heavy (non-hydrogen) atoms. The molecule has 1 aromatic heterocycles. The number of halogens is 1. The molecule has 0 amide bonds. The van der Waals surface area contributed by atoms with Crippen molar-refractivity contribution in [1.29, 1.82) is 0 Å². The smallest absolute Gasteiger partial charge is 0.129 e. The number of nitrogens with one attached hydrogen (secondary N) is 1. The average molecular weight is 349 g/mol. The van der Waals surface area contributed by atoms with Crippen LogP contribution in [0.25, 0.3) is 0 Å². The van der Waals surface area contributed by atoms with Gasteiger partial charge in [0, 0.05) is 25.3 Å². The van der Waals surface area contributed by atoms with Crippen LogP contribution in [0, 0.1) is 5.82 Å². The van der Waals surface area contributed by atoms with E-state index in [0.29, 0.717) is 26.4 Å². The molecular formula is C19H24FNO4. The molecule has 136 valence electrons. The molecule has 1 aromatic carbocycles. The van der Waals surface area contributed by atoms with Crippen molar-refractivity contribution in [3.63, 3.8) is 0 Å². The van der Waals surface area contributed by atoms with Crippen molar-refractivity contribution >= 4 is 0 Å². The molecule has 1 aliphatic heterocycles. The minimum Gasteiger partial charge on any atom is -0.467 e. The first-order chi connectivity index (χ1) is 12.2. The highest BCUT2D eigenvalue weighted by molar-refractivity contribution is 5.25. The third kappa shape index (κ3) is 4.89. The molecule has 1 saturated heterocycles. The maximum Gasteiger partial charge on any atom is 0.129 e. The molecule has 0 saturated carbocycles. The highest BCUT2D eigenvalue weighted by Gasteiger charge is 2.34. The molecule has 1 fully saturated rings. The van der Waals surface area contributed by atoms with Crippen molar-refractivity contribution in [2.45, 2.75) is 31.1 Å². The Morgan fingerprint density at radius 3 is 2.64 bits per heavy atom. The molecule has 6 heteroatoms. The van der Waals surface area contributed by atoms with Crippen molar-refractivity contribution in [2.75, 3.05) is 26.4 Å². The van der Waals surface area contributed by atoms with Crippen molar-refractivity contribution in [3.8, 4) is 0 Å². The van der Waals surface area contributed by atoms with Gasteiger partial charge in [-0.2, -0.15) is 0 Å². The number of aliphatic hydroxyl groups excluding tert-OH is 1. The zero-order chi connectivity index (χ0) is 17.5. The first kappa shape index (κ1) is 18.1. The van der Waals surface area contributed by atoms with Crippen LogP contribution in [0.1, 0.15) is 24.2 Å². The number of hydrogen-bond acceptors (Lipinski definition) is 5. The average Bonchev–Trinajstić information content (AvgIpc) is 3.15. The van der Waals surface area contributed by atoms with Crippen molar-refractivity contribution in [1.82, 2.24) is 5.32 Å². The first-order valence-electron chi connectivity index (χ1n) is 8.55. The summed E-state index contributed by atoms with van der Waals surface area (Å²) in [4.78, 5) is 0. The van der Waals surface area contributed by atoms with Gasteiger partial charge in [-0.25, -0.2) is 4.39 Å². The van der Waals surface area contributed by atoms with Crippen LogP contribution in [0.15, 0.2) is 47.1 Å². The lowest BCUT2D eigenvalue weighted by atomic mass is 9.82. The summed E-state index contributed by atoms with van der Waals surface area (Å²) in [5, 5.41) is 13.7. The van der Waals surface area contributed by atoms with Crippen LogP contribution >= 0.6 is 0 Å². The molecular weight excluding hydrogens is 325 g/mol.